The molecule has 2 fully saturated rings. The molecule has 1 saturated heterocycles. The van der Waals surface area contributed by atoms with Crippen molar-refractivity contribution < 1.29 is 4.79 Å². The van der Waals surface area contributed by atoms with E-state index in [-0.39, 0.29) is 5.91 Å². The van der Waals surface area contributed by atoms with Gasteiger partial charge < -0.3 is 15.5 Å². The molecule has 7 heteroatoms. The smallest absolute Gasteiger partial charge is 0.238 e. The standard InChI is InChI=1S/C20H29ClN4OS/c1-15-6-2-4-8-17(15)23-20(27)25-12-10-24(11-13-25)14-19(26)22-18-9-5-3-7-16(18)21/h3,5,7,9,15,17H,2,4,6,8,10-14H2,1H3,(H,22,26)(H,23,27)/t15-,17+/m0/s1. The highest BCUT2D eigenvalue weighted by Gasteiger charge is 2.25. The van der Waals surface area contributed by atoms with Gasteiger partial charge in [-0.1, -0.05) is 43.5 Å². The Morgan fingerprint density at radius 1 is 1.19 bits per heavy atom. The quantitative estimate of drug-likeness (QED) is 0.748. The fraction of sp³-hybridized carbons (Fsp3) is 0.600. The van der Waals surface area contributed by atoms with Gasteiger partial charge >= 0.3 is 0 Å². The highest BCUT2D eigenvalue weighted by molar-refractivity contribution is 7.80. The molecule has 1 aliphatic carbocycles. The van der Waals surface area contributed by atoms with Gasteiger partial charge in [0.1, 0.15) is 0 Å². The fourth-order valence-corrected chi connectivity index (χ4v) is 4.36. The third kappa shape index (κ3) is 5.80. The van der Waals surface area contributed by atoms with Crippen LogP contribution in [0.25, 0.3) is 0 Å². The SMILES string of the molecule is C[C@H]1CCCC[C@H]1NC(=S)N1CCN(CC(=O)Nc2ccccc2Cl)CC1. The Morgan fingerprint density at radius 2 is 1.89 bits per heavy atom. The van der Waals surface area contributed by atoms with E-state index in [1.807, 2.05) is 18.2 Å². The van der Waals surface area contributed by atoms with E-state index in [1.165, 1.54) is 25.7 Å². The lowest BCUT2D eigenvalue weighted by molar-refractivity contribution is -0.117. The molecule has 1 aromatic rings. The number of hydrogen-bond acceptors (Lipinski definition) is 3. The van der Waals surface area contributed by atoms with Crippen LogP contribution in [0.2, 0.25) is 5.02 Å². The molecule has 1 amide bonds. The molecule has 3 rings (SSSR count). The number of nitrogens with one attached hydrogen (secondary N) is 2. The molecule has 1 aromatic carbocycles. The molecule has 27 heavy (non-hydrogen) atoms. The Hall–Kier alpha value is -1.37. The summed E-state index contributed by atoms with van der Waals surface area (Å²) in [6.45, 7) is 6.06. The molecule has 1 aliphatic heterocycles. The van der Waals surface area contributed by atoms with Crippen molar-refractivity contribution in [1.29, 1.82) is 0 Å². The number of thiocarbonyl (C=S) groups is 1. The van der Waals surface area contributed by atoms with Crippen LogP contribution in [-0.4, -0.2) is 59.6 Å². The monoisotopic (exact) mass is 408 g/mol. The summed E-state index contributed by atoms with van der Waals surface area (Å²) in [4.78, 5) is 16.7. The van der Waals surface area contributed by atoms with Crippen LogP contribution >= 0.6 is 23.8 Å². The predicted molar refractivity (Wildman–Crippen MR) is 115 cm³/mol. The molecule has 1 saturated carbocycles. The molecule has 148 valence electrons. The van der Waals surface area contributed by atoms with Crippen molar-refractivity contribution in [3.05, 3.63) is 29.3 Å². The van der Waals surface area contributed by atoms with Crippen molar-refractivity contribution in [3.63, 3.8) is 0 Å². The molecule has 2 aliphatic rings. The first-order valence-electron chi connectivity index (χ1n) is 9.85. The van der Waals surface area contributed by atoms with Crippen LogP contribution in [0.3, 0.4) is 0 Å². The third-order valence-corrected chi connectivity index (χ3v) is 6.30. The van der Waals surface area contributed by atoms with E-state index < -0.39 is 0 Å². The van der Waals surface area contributed by atoms with E-state index in [4.69, 9.17) is 23.8 Å². The summed E-state index contributed by atoms with van der Waals surface area (Å²) >= 11 is 11.7. The average Bonchev–Trinajstić information content (AvgIpc) is 2.66. The minimum atomic E-state index is -0.0340. The Labute approximate surface area is 172 Å². The second-order valence-electron chi connectivity index (χ2n) is 7.61. The van der Waals surface area contributed by atoms with Gasteiger partial charge in [0, 0.05) is 32.2 Å². The Kier molecular flexibility index (Phi) is 7.33. The van der Waals surface area contributed by atoms with Gasteiger partial charge in [-0.2, -0.15) is 0 Å². The maximum Gasteiger partial charge on any atom is 0.238 e. The topological polar surface area (TPSA) is 47.6 Å². The van der Waals surface area contributed by atoms with Gasteiger partial charge in [-0.15, -0.1) is 0 Å². The van der Waals surface area contributed by atoms with Crippen LogP contribution in [0.15, 0.2) is 24.3 Å². The molecule has 5 nitrogen and oxygen atoms in total. The maximum atomic E-state index is 12.3. The fourth-order valence-electron chi connectivity index (χ4n) is 3.85. The molecule has 0 bridgehead atoms. The van der Waals surface area contributed by atoms with Gasteiger partial charge in [-0.05, 0) is 43.1 Å². The van der Waals surface area contributed by atoms with Crippen LogP contribution in [0.4, 0.5) is 5.69 Å². The second-order valence-corrected chi connectivity index (χ2v) is 8.40. The lowest BCUT2D eigenvalue weighted by atomic mass is 9.86. The number of hydrogen-bond donors (Lipinski definition) is 2. The molecule has 2 N–H and O–H groups in total. The number of piperazine rings is 1. The molecule has 0 aromatic heterocycles. The minimum absolute atomic E-state index is 0.0340. The van der Waals surface area contributed by atoms with Crippen molar-refractivity contribution in [2.24, 2.45) is 5.92 Å². The lowest BCUT2D eigenvalue weighted by Crippen LogP contribution is -2.55. The second kappa shape index (κ2) is 9.71. The van der Waals surface area contributed by atoms with Gasteiger partial charge in [0.25, 0.3) is 0 Å². The van der Waals surface area contributed by atoms with Crippen molar-refractivity contribution in [2.75, 3.05) is 38.0 Å². The number of amides is 1. The highest BCUT2D eigenvalue weighted by Crippen LogP contribution is 2.24. The van der Waals surface area contributed by atoms with E-state index in [9.17, 15) is 4.79 Å². The van der Waals surface area contributed by atoms with Gasteiger partial charge in [0.15, 0.2) is 5.11 Å². The largest absolute Gasteiger partial charge is 0.360 e. The highest BCUT2D eigenvalue weighted by atomic mass is 35.5. The van der Waals surface area contributed by atoms with Crippen molar-refractivity contribution in [1.82, 2.24) is 15.1 Å². The zero-order valence-electron chi connectivity index (χ0n) is 15.9. The first kappa shape index (κ1) is 20.4. The molecule has 0 radical (unpaired) electrons. The summed E-state index contributed by atoms with van der Waals surface area (Å²) in [5.74, 6) is 0.653. The van der Waals surface area contributed by atoms with Crippen LogP contribution in [0.5, 0.6) is 0 Å². The summed E-state index contributed by atoms with van der Waals surface area (Å²) in [6.07, 6.45) is 5.12. The summed E-state index contributed by atoms with van der Waals surface area (Å²) in [5.41, 5.74) is 0.662. The van der Waals surface area contributed by atoms with E-state index >= 15 is 0 Å². The summed E-state index contributed by atoms with van der Waals surface area (Å²) in [7, 11) is 0. The first-order valence-corrected chi connectivity index (χ1v) is 10.6. The number of anilines is 1. The zero-order valence-corrected chi connectivity index (χ0v) is 17.5. The molecule has 1 heterocycles. The summed E-state index contributed by atoms with van der Waals surface area (Å²) < 4.78 is 0. The van der Waals surface area contributed by atoms with Gasteiger partial charge in [-0.25, -0.2) is 0 Å². The third-order valence-electron chi connectivity index (χ3n) is 5.60. The van der Waals surface area contributed by atoms with Gasteiger partial charge in [0.2, 0.25) is 5.91 Å². The van der Waals surface area contributed by atoms with Crippen molar-refractivity contribution in [2.45, 2.75) is 38.6 Å². The summed E-state index contributed by atoms with van der Waals surface area (Å²) in [5, 5.41) is 7.89. The molecule has 0 spiro atoms. The number of carbonyl (C=O) groups excluding carboxylic acids is 1. The molecular formula is C20H29ClN4OS. The number of benzene rings is 1. The number of nitrogens with zero attached hydrogens (tertiary/aromatic N) is 2. The molecular weight excluding hydrogens is 380 g/mol. The van der Waals surface area contributed by atoms with E-state index in [0.717, 1.165) is 31.3 Å². The Morgan fingerprint density at radius 3 is 2.59 bits per heavy atom. The lowest BCUT2D eigenvalue weighted by Gasteiger charge is -2.38. The predicted octanol–water partition coefficient (Wildman–Crippen LogP) is 3.35. The molecule has 0 unspecified atom stereocenters. The van der Waals surface area contributed by atoms with E-state index in [0.29, 0.717) is 29.2 Å². The number of rotatable bonds is 4. The van der Waals surface area contributed by atoms with E-state index in [1.54, 1.807) is 6.07 Å². The van der Waals surface area contributed by atoms with Gasteiger partial charge in [-0.3, -0.25) is 9.69 Å². The van der Waals surface area contributed by atoms with Crippen molar-refractivity contribution in [3.8, 4) is 0 Å². The normalized spacial score (nSPS) is 23.7. The molecule has 2 atom stereocenters. The maximum absolute atomic E-state index is 12.3. The van der Waals surface area contributed by atoms with Crippen LogP contribution in [0.1, 0.15) is 32.6 Å². The van der Waals surface area contributed by atoms with Gasteiger partial charge in [0.05, 0.1) is 17.3 Å². The van der Waals surface area contributed by atoms with E-state index in [2.05, 4.69) is 27.4 Å². The van der Waals surface area contributed by atoms with Crippen LogP contribution < -0.4 is 10.6 Å². The average molecular weight is 409 g/mol. The van der Waals surface area contributed by atoms with Crippen LogP contribution in [0, 0.1) is 5.92 Å². The zero-order chi connectivity index (χ0) is 19.2. The minimum Gasteiger partial charge on any atom is -0.360 e. The number of para-hydroxylation sites is 1. The van der Waals surface area contributed by atoms with Crippen molar-refractivity contribution >= 4 is 40.5 Å². The Balaban J connectivity index is 1.41. The first-order chi connectivity index (χ1) is 13.0. The summed E-state index contributed by atoms with van der Waals surface area (Å²) in [6, 6.07) is 7.81. The number of halogens is 1. The Bertz CT molecular complexity index is 663. The number of carbonyl (C=O) groups is 1. The van der Waals surface area contributed by atoms with Crippen LogP contribution in [-0.2, 0) is 4.79 Å².